The summed E-state index contributed by atoms with van der Waals surface area (Å²) in [6.07, 6.45) is 9.66. The summed E-state index contributed by atoms with van der Waals surface area (Å²) in [6, 6.07) is 0.580. The van der Waals surface area contributed by atoms with E-state index in [0.717, 1.165) is 32.5 Å². The number of rotatable bonds is 14. The maximum atomic E-state index is 4.67. The third-order valence-corrected chi connectivity index (χ3v) is 7.73. The first-order valence-electron chi connectivity index (χ1n) is 12.5. The Morgan fingerprint density at radius 3 is 1.53 bits per heavy atom. The van der Waals surface area contributed by atoms with Crippen LogP contribution < -0.4 is 0 Å². The quantitative estimate of drug-likeness (QED) is 0.166. The van der Waals surface area contributed by atoms with Gasteiger partial charge in [0.1, 0.15) is 0 Å². The molecule has 30 heavy (non-hydrogen) atoms. The fourth-order valence-electron chi connectivity index (χ4n) is 1.51. The molecule has 0 radical (unpaired) electrons. The van der Waals surface area contributed by atoms with Crippen molar-refractivity contribution in [1.29, 1.82) is 0 Å². The Morgan fingerprint density at radius 2 is 1.17 bits per heavy atom. The van der Waals surface area contributed by atoms with Gasteiger partial charge in [-0.15, -0.1) is 25.7 Å². The number of hydrogen-bond acceptors (Lipinski definition) is 2. The molecule has 0 aliphatic carbocycles. The smallest absolute Gasteiger partial charge is 0.0578 e. The molecule has 1 atom stereocenters. The van der Waals surface area contributed by atoms with Gasteiger partial charge in [-0.25, -0.2) is 0 Å². The van der Waals surface area contributed by atoms with Gasteiger partial charge in [-0.1, -0.05) is 73.1 Å². The first kappa shape index (κ1) is 34.8. The molecular formula is C25H56MoN4. The average molecular weight is 509 g/mol. The molecule has 0 aromatic heterocycles. The Morgan fingerprint density at radius 1 is 0.700 bits per heavy atom. The molecule has 0 aliphatic heterocycles. The van der Waals surface area contributed by atoms with Gasteiger partial charge in [-0.3, -0.25) is 0 Å². The third kappa shape index (κ3) is 30.4. The van der Waals surface area contributed by atoms with E-state index in [-0.39, 0.29) is 11.1 Å². The number of hydrogen-bond donors (Lipinski definition) is 0. The van der Waals surface area contributed by atoms with Crippen LogP contribution in [-0.2, 0) is 18.2 Å². The van der Waals surface area contributed by atoms with Crippen LogP contribution in [0.4, 0.5) is 0 Å². The zero-order chi connectivity index (χ0) is 23.9. The molecule has 182 valence electrons. The summed E-state index contributed by atoms with van der Waals surface area (Å²) in [4.78, 5) is 0. The zero-order valence-corrected chi connectivity index (χ0v) is 24.6. The molecule has 0 aromatic rings. The minimum atomic E-state index is -0.492. The normalized spacial score (nSPS) is 12.0. The first-order valence-corrected chi connectivity index (χ1v) is 14.2. The van der Waals surface area contributed by atoms with Gasteiger partial charge in [0.15, 0.2) is 0 Å². The summed E-state index contributed by atoms with van der Waals surface area (Å²) >= 11 is -0.492. The number of nitrogens with zero attached hydrogens (tertiary/aromatic N) is 4. The number of unbranched alkanes of at least 4 members (excludes halogenated alkanes) is 2. The largest absolute Gasteiger partial charge is 0.662 e. The van der Waals surface area contributed by atoms with Crippen molar-refractivity contribution in [3.8, 4) is 0 Å². The summed E-state index contributed by atoms with van der Waals surface area (Å²) in [6.45, 7) is 27.2. The fourth-order valence-corrected chi connectivity index (χ4v) is 3.33. The van der Waals surface area contributed by atoms with Gasteiger partial charge in [-0.05, 0) is 0 Å². The van der Waals surface area contributed by atoms with E-state index in [1.165, 1.54) is 38.5 Å². The topological polar surface area (TPSA) is 52.9 Å². The van der Waals surface area contributed by atoms with Crippen LogP contribution in [-0.4, -0.2) is 36.8 Å². The molecular weight excluding hydrogens is 452 g/mol. The van der Waals surface area contributed by atoms with E-state index in [1.807, 2.05) is 0 Å². The van der Waals surface area contributed by atoms with Crippen molar-refractivity contribution in [3.05, 3.63) is 10.6 Å². The van der Waals surface area contributed by atoms with Crippen LogP contribution >= 0.6 is 0 Å². The molecule has 0 saturated carbocycles. The van der Waals surface area contributed by atoms with E-state index >= 15 is 0 Å². The van der Waals surface area contributed by atoms with E-state index in [0.29, 0.717) is 6.04 Å². The molecule has 0 aliphatic rings. The fraction of sp³-hybridized carbons (Fsp3) is 1.00. The third-order valence-electron chi connectivity index (χ3n) is 4.90. The van der Waals surface area contributed by atoms with E-state index < -0.39 is 18.2 Å². The van der Waals surface area contributed by atoms with E-state index in [9.17, 15) is 0 Å². The van der Waals surface area contributed by atoms with Crippen LogP contribution in [0.1, 0.15) is 128 Å². The monoisotopic (exact) mass is 510 g/mol. The zero-order valence-electron chi connectivity index (χ0n) is 22.6. The molecule has 1 unspecified atom stereocenters. The van der Waals surface area contributed by atoms with Crippen molar-refractivity contribution >= 4 is 0 Å². The van der Waals surface area contributed by atoms with Crippen LogP contribution in [0.2, 0.25) is 0 Å². The Labute approximate surface area is 199 Å². The van der Waals surface area contributed by atoms with Crippen LogP contribution in [0, 0.1) is 0 Å². The predicted octanol–water partition coefficient (Wildman–Crippen LogP) is 9.34. The molecule has 4 nitrogen and oxygen atoms in total. The molecule has 5 heteroatoms. The van der Waals surface area contributed by atoms with E-state index in [1.54, 1.807) is 0 Å². The molecule has 0 heterocycles. The summed E-state index contributed by atoms with van der Waals surface area (Å²) in [7, 11) is 0. The standard InChI is InChI=1S/C8H18N.C7H16N.2C5H11N.Mo/c1-4-6-7-9-8(3)5-2;1-3-5-7-8-6-4-2;2*1-4-5(2,3)6;/h8H,4-7H2,1-3H3;3-7H2,1-2H3;2*4H2,1-3H3;/q2*-1;;;+2. The molecule has 0 amide bonds. The first-order chi connectivity index (χ1) is 14.1. The Kier molecular flexibility index (Phi) is 27.7. The van der Waals surface area contributed by atoms with Gasteiger partial charge in [-0.2, -0.15) is 0 Å². The van der Waals surface area contributed by atoms with Crippen molar-refractivity contribution in [1.82, 2.24) is 0 Å². The van der Waals surface area contributed by atoms with Gasteiger partial charge in [0.05, 0.1) is 0 Å². The summed E-state index contributed by atoms with van der Waals surface area (Å²) in [5.41, 5.74) is 0.297. The van der Waals surface area contributed by atoms with E-state index in [2.05, 4.69) is 93.8 Å². The van der Waals surface area contributed by atoms with Gasteiger partial charge in [0.2, 0.25) is 0 Å². The predicted molar refractivity (Wildman–Crippen MR) is 135 cm³/mol. The molecule has 0 rings (SSSR count). The second-order valence-corrected chi connectivity index (χ2v) is 10.4. The van der Waals surface area contributed by atoms with Crippen molar-refractivity contribution in [2.75, 3.05) is 19.6 Å². The van der Waals surface area contributed by atoms with Crippen molar-refractivity contribution < 1.29 is 18.2 Å². The van der Waals surface area contributed by atoms with Crippen molar-refractivity contribution in [2.24, 2.45) is 6.99 Å². The Balaban J connectivity index is -0.000000379. The second kappa shape index (κ2) is 23.9. The average Bonchev–Trinajstić information content (AvgIpc) is 2.72. The Bertz CT molecular complexity index is 376. The van der Waals surface area contributed by atoms with Crippen molar-refractivity contribution in [3.63, 3.8) is 0 Å². The summed E-state index contributed by atoms with van der Waals surface area (Å²) in [5, 5.41) is 8.71. The summed E-state index contributed by atoms with van der Waals surface area (Å²) < 4.78 is 9.34. The van der Waals surface area contributed by atoms with Crippen LogP contribution in [0.15, 0.2) is 6.99 Å². The Hall–Kier alpha value is 0.208. The SMILES string of the molecule is CCC(C)(C)[N]=[Mo+2]=[N]C(C)(C)CC.CCCC[N-]C(C)CC.CCCC[N-]CCC. The van der Waals surface area contributed by atoms with Crippen LogP contribution in [0.25, 0.3) is 10.6 Å². The minimum Gasteiger partial charge on any atom is -0.662 e. The van der Waals surface area contributed by atoms with Gasteiger partial charge < -0.3 is 10.6 Å². The second-order valence-electron chi connectivity index (χ2n) is 9.14. The van der Waals surface area contributed by atoms with Gasteiger partial charge in [0.25, 0.3) is 0 Å². The molecule has 0 saturated heterocycles. The van der Waals surface area contributed by atoms with Crippen LogP contribution in [0.5, 0.6) is 0 Å². The van der Waals surface area contributed by atoms with Crippen LogP contribution in [0.3, 0.4) is 0 Å². The van der Waals surface area contributed by atoms with Crippen molar-refractivity contribution in [2.45, 2.75) is 145 Å². The maximum Gasteiger partial charge on any atom is -0.0578 e. The van der Waals surface area contributed by atoms with E-state index in [4.69, 9.17) is 0 Å². The minimum absolute atomic E-state index is 0.148. The molecule has 0 bridgehead atoms. The molecule has 0 aromatic carbocycles. The van der Waals surface area contributed by atoms with Gasteiger partial charge in [0, 0.05) is 0 Å². The molecule has 0 fully saturated rings. The van der Waals surface area contributed by atoms with Gasteiger partial charge >= 0.3 is 90.7 Å². The molecule has 0 N–H and O–H groups in total. The summed E-state index contributed by atoms with van der Waals surface area (Å²) in [5.74, 6) is 0. The molecule has 0 spiro atoms. The maximum absolute atomic E-state index is 4.67.